The third kappa shape index (κ3) is 4.57. The molecular weight excluding hydrogens is 381 g/mol. The molecule has 8 nitrogen and oxygen atoms in total. The largest absolute Gasteiger partial charge is 0.493 e. The Balaban J connectivity index is 2.04. The Morgan fingerprint density at radius 1 is 1.03 bits per heavy atom. The minimum Gasteiger partial charge on any atom is -0.493 e. The van der Waals surface area contributed by atoms with Crippen LogP contribution >= 0.6 is 0 Å². The maximum atomic E-state index is 13.6. The lowest BCUT2D eigenvalue weighted by atomic mass is 10.2. The van der Waals surface area contributed by atoms with Gasteiger partial charge in [-0.2, -0.15) is 4.98 Å². The monoisotopic (exact) mass is 399 g/mol. The molecule has 0 N–H and O–H groups in total. The molecule has 0 unspecified atom stereocenters. The zero-order valence-electron chi connectivity index (χ0n) is 16.0. The summed E-state index contributed by atoms with van der Waals surface area (Å²) in [7, 11) is 3.00. The summed E-state index contributed by atoms with van der Waals surface area (Å²) in [5.41, 5.74) is 0.173. The standard InChI is InChI=1S/C20H18FN3O5/c1-4-28-20(25)17-19(29-14-8-9-15(26-2)16(11-14)27-3)22-18(24-23-17)12-6-5-7-13(21)10-12/h5-11H,4H2,1-3H3. The maximum absolute atomic E-state index is 13.6. The smallest absolute Gasteiger partial charge is 0.364 e. The fourth-order valence-corrected chi connectivity index (χ4v) is 2.45. The second kappa shape index (κ2) is 8.96. The number of carbonyl (C=O) groups is 1. The quantitative estimate of drug-likeness (QED) is 0.556. The normalized spacial score (nSPS) is 10.3. The van der Waals surface area contributed by atoms with Crippen molar-refractivity contribution in [2.45, 2.75) is 6.92 Å². The molecule has 0 amide bonds. The molecule has 0 saturated heterocycles. The van der Waals surface area contributed by atoms with E-state index in [9.17, 15) is 9.18 Å². The number of benzene rings is 2. The fraction of sp³-hybridized carbons (Fsp3) is 0.200. The zero-order chi connectivity index (χ0) is 20.8. The van der Waals surface area contributed by atoms with Crippen LogP contribution in [0.1, 0.15) is 17.4 Å². The first-order valence-corrected chi connectivity index (χ1v) is 8.63. The predicted molar refractivity (Wildman–Crippen MR) is 101 cm³/mol. The van der Waals surface area contributed by atoms with Gasteiger partial charge in [0.2, 0.25) is 5.69 Å². The van der Waals surface area contributed by atoms with Crippen molar-refractivity contribution in [1.29, 1.82) is 0 Å². The lowest BCUT2D eigenvalue weighted by Crippen LogP contribution is -2.12. The molecule has 29 heavy (non-hydrogen) atoms. The maximum Gasteiger partial charge on any atom is 0.364 e. The number of esters is 1. The highest BCUT2D eigenvalue weighted by Crippen LogP contribution is 2.33. The Labute approximate surface area is 166 Å². The molecule has 0 atom stereocenters. The lowest BCUT2D eigenvalue weighted by molar-refractivity contribution is 0.0514. The Kier molecular flexibility index (Phi) is 6.18. The summed E-state index contributed by atoms with van der Waals surface area (Å²) >= 11 is 0. The minimum atomic E-state index is -0.742. The van der Waals surface area contributed by atoms with Gasteiger partial charge in [0.25, 0.3) is 5.88 Å². The molecule has 0 radical (unpaired) electrons. The average molecular weight is 399 g/mol. The molecular formula is C20H18FN3O5. The zero-order valence-corrected chi connectivity index (χ0v) is 16.0. The number of ether oxygens (including phenoxy) is 4. The molecule has 1 heterocycles. The van der Waals surface area contributed by atoms with Crippen molar-refractivity contribution in [2.24, 2.45) is 0 Å². The van der Waals surface area contributed by atoms with Crippen LogP contribution in [0.3, 0.4) is 0 Å². The van der Waals surface area contributed by atoms with Gasteiger partial charge < -0.3 is 18.9 Å². The molecule has 0 saturated carbocycles. The number of hydrogen-bond donors (Lipinski definition) is 0. The van der Waals surface area contributed by atoms with E-state index in [0.29, 0.717) is 22.8 Å². The second-order valence-corrected chi connectivity index (χ2v) is 5.64. The summed E-state index contributed by atoms with van der Waals surface area (Å²) in [5.74, 6) is 0.00956. The molecule has 0 bridgehead atoms. The number of carbonyl (C=O) groups excluding carboxylic acids is 1. The number of rotatable bonds is 7. The van der Waals surface area contributed by atoms with Gasteiger partial charge >= 0.3 is 5.97 Å². The van der Waals surface area contributed by atoms with Crippen LogP contribution in [0.2, 0.25) is 0 Å². The van der Waals surface area contributed by atoms with E-state index in [-0.39, 0.29) is 24.0 Å². The van der Waals surface area contributed by atoms with Gasteiger partial charge in [-0.15, -0.1) is 10.2 Å². The summed E-state index contributed by atoms with van der Waals surface area (Å²) < 4.78 is 34.8. The lowest BCUT2D eigenvalue weighted by Gasteiger charge is -2.12. The van der Waals surface area contributed by atoms with Gasteiger partial charge in [0.1, 0.15) is 11.6 Å². The topological polar surface area (TPSA) is 92.7 Å². The van der Waals surface area contributed by atoms with Crippen molar-refractivity contribution in [3.8, 4) is 34.5 Å². The van der Waals surface area contributed by atoms with Crippen LogP contribution in [0.4, 0.5) is 4.39 Å². The first-order chi connectivity index (χ1) is 14.0. The van der Waals surface area contributed by atoms with Crippen molar-refractivity contribution in [1.82, 2.24) is 15.2 Å². The first kappa shape index (κ1) is 20.0. The van der Waals surface area contributed by atoms with E-state index in [2.05, 4.69) is 15.2 Å². The van der Waals surface area contributed by atoms with Crippen LogP contribution < -0.4 is 14.2 Å². The third-order valence-electron chi connectivity index (χ3n) is 3.78. The molecule has 0 aliphatic carbocycles. The highest BCUT2D eigenvalue weighted by Gasteiger charge is 2.21. The van der Waals surface area contributed by atoms with E-state index in [1.807, 2.05) is 0 Å². The van der Waals surface area contributed by atoms with E-state index >= 15 is 0 Å². The van der Waals surface area contributed by atoms with Gasteiger partial charge in [-0.05, 0) is 31.2 Å². The van der Waals surface area contributed by atoms with Crippen molar-refractivity contribution >= 4 is 5.97 Å². The Morgan fingerprint density at radius 3 is 2.52 bits per heavy atom. The summed E-state index contributed by atoms with van der Waals surface area (Å²) in [6, 6.07) is 10.5. The molecule has 0 spiro atoms. The summed E-state index contributed by atoms with van der Waals surface area (Å²) in [4.78, 5) is 16.5. The Morgan fingerprint density at radius 2 is 1.83 bits per heavy atom. The number of hydrogen-bond acceptors (Lipinski definition) is 8. The van der Waals surface area contributed by atoms with Crippen LogP contribution in [-0.4, -0.2) is 42.0 Å². The van der Waals surface area contributed by atoms with Gasteiger partial charge in [0.15, 0.2) is 17.3 Å². The molecule has 9 heteroatoms. The van der Waals surface area contributed by atoms with Crippen molar-refractivity contribution in [2.75, 3.05) is 20.8 Å². The average Bonchev–Trinajstić information content (AvgIpc) is 2.73. The number of nitrogens with zero attached hydrogens (tertiary/aromatic N) is 3. The molecule has 0 aliphatic rings. The first-order valence-electron chi connectivity index (χ1n) is 8.63. The summed E-state index contributed by atoms with van der Waals surface area (Å²) in [5, 5.41) is 7.79. The second-order valence-electron chi connectivity index (χ2n) is 5.64. The van der Waals surface area contributed by atoms with Crippen molar-refractivity contribution in [3.05, 3.63) is 54.0 Å². The van der Waals surface area contributed by atoms with Crippen LogP contribution in [0.15, 0.2) is 42.5 Å². The van der Waals surface area contributed by atoms with E-state index < -0.39 is 11.8 Å². The van der Waals surface area contributed by atoms with E-state index in [0.717, 1.165) is 0 Å². The highest BCUT2D eigenvalue weighted by atomic mass is 19.1. The molecule has 150 valence electrons. The van der Waals surface area contributed by atoms with Crippen LogP contribution in [0.25, 0.3) is 11.4 Å². The van der Waals surface area contributed by atoms with Gasteiger partial charge in [-0.1, -0.05) is 12.1 Å². The van der Waals surface area contributed by atoms with Gasteiger partial charge in [-0.3, -0.25) is 0 Å². The van der Waals surface area contributed by atoms with Gasteiger partial charge in [0.05, 0.1) is 20.8 Å². The number of halogens is 1. The SMILES string of the molecule is CCOC(=O)c1nnc(-c2cccc(F)c2)nc1Oc1ccc(OC)c(OC)c1. The molecule has 2 aromatic carbocycles. The molecule has 3 aromatic rings. The van der Waals surface area contributed by atoms with E-state index in [1.165, 1.54) is 32.4 Å². The van der Waals surface area contributed by atoms with Gasteiger partial charge in [0, 0.05) is 11.6 Å². The summed E-state index contributed by atoms with van der Waals surface area (Å²) in [6.07, 6.45) is 0. The Hall–Kier alpha value is -3.75. The van der Waals surface area contributed by atoms with Crippen LogP contribution in [0.5, 0.6) is 23.1 Å². The van der Waals surface area contributed by atoms with E-state index in [4.69, 9.17) is 18.9 Å². The predicted octanol–water partition coefficient (Wildman–Crippen LogP) is 3.66. The van der Waals surface area contributed by atoms with Gasteiger partial charge in [-0.25, -0.2) is 9.18 Å². The number of methoxy groups -OCH3 is 2. The molecule has 0 aliphatic heterocycles. The van der Waals surface area contributed by atoms with Crippen molar-refractivity contribution < 1.29 is 28.1 Å². The third-order valence-corrected chi connectivity index (χ3v) is 3.78. The highest BCUT2D eigenvalue weighted by molar-refractivity contribution is 5.89. The minimum absolute atomic E-state index is 0.0908. The molecule has 1 aromatic heterocycles. The summed E-state index contributed by atoms with van der Waals surface area (Å²) in [6.45, 7) is 1.80. The molecule has 3 rings (SSSR count). The fourth-order valence-electron chi connectivity index (χ4n) is 2.45. The molecule has 0 fully saturated rings. The Bertz CT molecular complexity index is 1030. The number of aromatic nitrogens is 3. The van der Waals surface area contributed by atoms with Crippen LogP contribution in [0, 0.1) is 5.82 Å². The van der Waals surface area contributed by atoms with Crippen LogP contribution in [-0.2, 0) is 4.74 Å². The van der Waals surface area contributed by atoms with Crippen molar-refractivity contribution in [3.63, 3.8) is 0 Å². The van der Waals surface area contributed by atoms with E-state index in [1.54, 1.807) is 31.2 Å².